The van der Waals surface area contributed by atoms with Crippen LogP contribution in [-0.4, -0.2) is 29.2 Å². The summed E-state index contributed by atoms with van der Waals surface area (Å²) in [6.45, 7) is 0. The number of halogens is 2. The SMILES string of the molecule is COc1cc2nc(-c3cccnc3)nc(Nc3ccc(F)c(Cl)c3)c2cc1OC. The molecule has 0 aliphatic rings. The van der Waals surface area contributed by atoms with E-state index in [1.165, 1.54) is 12.1 Å². The van der Waals surface area contributed by atoms with Crippen LogP contribution in [0.3, 0.4) is 0 Å². The Hall–Kier alpha value is -3.45. The van der Waals surface area contributed by atoms with E-state index < -0.39 is 5.82 Å². The molecule has 6 nitrogen and oxygen atoms in total. The number of fused-ring (bicyclic) bond motifs is 1. The van der Waals surface area contributed by atoms with Gasteiger partial charge in [0.25, 0.3) is 0 Å². The highest BCUT2D eigenvalue weighted by atomic mass is 35.5. The Balaban J connectivity index is 1.92. The van der Waals surface area contributed by atoms with Crippen LogP contribution < -0.4 is 14.8 Å². The van der Waals surface area contributed by atoms with Crippen molar-refractivity contribution in [1.29, 1.82) is 0 Å². The summed E-state index contributed by atoms with van der Waals surface area (Å²) in [7, 11) is 3.12. The summed E-state index contributed by atoms with van der Waals surface area (Å²) in [5.41, 5.74) is 1.99. The molecule has 8 heteroatoms. The molecule has 0 radical (unpaired) electrons. The zero-order valence-corrected chi connectivity index (χ0v) is 16.4. The van der Waals surface area contributed by atoms with Gasteiger partial charge in [-0.25, -0.2) is 14.4 Å². The smallest absolute Gasteiger partial charge is 0.163 e. The molecule has 1 N–H and O–H groups in total. The van der Waals surface area contributed by atoms with Crippen molar-refractivity contribution < 1.29 is 13.9 Å². The third-order valence-corrected chi connectivity index (χ3v) is 4.59. The van der Waals surface area contributed by atoms with Crippen LogP contribution in [0.1, 0.15) is 0 Å². The van der Waals surface area contributed by atoms with Crippen LogP contribution >= 0.6 is 11.6 Å². The number of rotatable bonds is 5. The normalized spacial score (nSPS) is 10.8. The summed E-state index contributed by atoms with van der Waals surface area (Å²) in [4.78, 5) is 13.4. The van der Waals surface area contributed by atoms with Gasteiger partial charge in [-0.3, -0.25) is 4.98 Å². The fraction of sp³-hybridized carbons (Fsp3) is 0.0952. The van der Waals surface area contributed by atoms with Gasteiger partial charge in [-0.15, -0.1) is 0 Å². The van der Waals surface area contributed by atoms with Crippen molar-refractivity contribution >= 4 is 34.0 Å². The minimum atomic E-state index is -0.493. The fourth-order valence-corrected chi connectivity index (χ4v) is 3.07. The average Bonchev–Trinajstić information content (AvgIpc) is 2.75. The lowest BCUT2D eigenvalue weighted by molar-refractivity contribution is 0.356. The highest BCUT2D eigenvalue weighted by Crippen LogP contribution is 2.36. The van der Waals surface area contributed by atoms with E-state index in [2.05, 4.69) is 20.3 Å². The minimum absolute atomic E-state index is 0.0140. The van der Waals surface area contributed by atoms with Crippen LogP contribution in [0.4, 0.5) is 15.9 Å². The number of pyridine rings is 1. The molecular weight excluding hydrogens is 395 g/mol. The fourth-order valence-electron chi connectivity index (χ4n) is 2.89. The second-order valence-corrected chi connectivity index (χ2v) is 6.52. The average molecular weight is 411 g/mol. The maximum absolute atomic E-state index is 13.5. The maximum Gasteiger partial charge on any atom is 0.163 e. The predicted molar refractivity (Wildman–Crippen MR) is 111 cm³/mol. The number of anilines is 2. The van der Waals surface area contributed by atoms with Crippen LogP contribution in [-0.2, 0) is 0 Å². The summed E-state index contributed by atoms with van der Waals surface area (Å²) in [6.07, 6.45) is 3.36. The van der Waals surface area contributed by atoms with Gasteiger partial charge in [0.15, 0.2) is 17.3 Å². The summed E-state index contributed by atoms with van der Waals surface area (Å²) in [5, 5.41) is 3.91. The molecule has 0 unspecified atom stereocenters. The third kappa shape index (κ3) is 3.77. The summed E-state index contributed by atoms with van der Waals surface area (Å²) >= 11 is 5.92. The van der Waals surface area contributed by atoms with E-state index in [9.17, 15) is 4.39 Å². The van der Waals surface area contributed by atoms with E-state index in [0.29, 0.717) is 39.7 Å². The number of benzene rings is 2. The first-order valence-electron chi connectivity index (χ1n) is 8.65. The standard InChI is InChI=1S/C21H16ClFN4O2/c1-28-18-9-14-17(10-19(18)29-2)26-20(12-4-3-7-24-11-12)27-21(14)25-13-5-6-16(23)15(22)8-13/h3-11H,1-2H3,(H,25,26,27). The topological polar surface area (TPSA) is 69.2 Å². The van der Waals surface area contributed by atoms with Gasteiger partial charge in [0, 0.05) is 35.1 Å². The highest BCUT2D eigenvalue weighted by Gasteiger charge is 2.15. The van der Waals surface area contributed by atoms with Crippen LogP contribution in [0.25, 0.3) is 22.3 Å². The van der Waals surface area contributed by atoms with Gasteiger partial charge < -0.3 is 14.8 Å². The number of nitrogens with zero attached hydrogens (tertiary/aromatic N) is 3. The molecule has 0 saturated carbocycles. The van der Waals surface area contributed by atoms with E-state index in [1.807, 2.05) is 12.1 Å². The van der Waals surface area contributed by atoms with E-state index in [4.69, 9.17) is 21.1 Å². The molecule has 0 aliphatic carbocycles. The van der Waals surface area contributed by atoms with Crippen molar-refractivity contribution in [3.8, 4) is 22.9 Å². The number of hydrogen-bond donors (Lipinski definition) is 1. The molecule has 0 amide bonds. The molecule has 2 aromatic carbocycles. The van der Waals surface area contributed by atoms with Crippen molar-refractivity contribution in [3.63, 3.8) is 0 Å². The van der Waals surface area contributed by atoms with Gasteiger partial charge in [0.05, 0.1) is 24.8 Å². The van der Waals surface area contributed by atoms with E-state index in [-0.39, 0.29) is 5.02 Å². The molecule has 2 heterocycles. The second kappa shape index (κ2) is 7.89. The number of methoxy groups -OCH3 is 2. The molecule has 0 aliphatic heterocycles. The van der Waals surface area contributed by atoms with E-state index in [0.717, 1.165) is 5.56 Å². The van der Waals surface area contributed by atoms with Gasteiger partial charge in [-0.1, -0.05) is 11.6 Å². The van der Waals surface area contributed by atoms with Gasteiger partial charge in [0.1, 0.15) is 11.6 Å². The largest absolute Gasteiger partial charge is 0.493 e. The Labute approximate surface area is 171 Å². The van der Waals surface area contributed by atoms with Gasteiger partial charge in [-0.05, 0) is 36.4 Å². The molecule has 0 saturated heterocycles. The van der Waals surface area contributed by atoms with E-state index in [1.54, 1.807) is 44.8 Å². The molecule has 2 aromatic heterocycles. The molecule has 29 heavy (non-hydrogen) atoms. The molecule has 0 spiro atoms. The molecule has 146 valence electrons. The lowest BCUT2D eigenvalue weighted by Gasteiger charge is -2.14. The van der Waals surface area contributed by atoms with Crippen molar-refractivity contribution in [2.24, 2.45) is 0 Å². The van der Waals surface area contributed by atoms with Gasteiger partial charge >= 0.3 is 0 Å². The second-order valence-electron chi connectivity index (χ2n) is 6.12. The molecule has 0 bridgehead atoms. The zero-order valence-electron chi connectivity index (χ0n) is 15.6. The lowest BCUT2D eigenvalue weighted by Crippen LogP contribution is -2.01. The monoisotopic (exact) mass is 410 g/mol. The van der Waals surface area contributed by atoms with Crippen LogP contribution in [0.5, 0.6) is 11.5 Å². The van der Waals surface area contributed by atoms with Crippen molar-refractivity contribution in [1.82, 2.24) is 15.0 Å². The number of hydrogen-bond acceptors (Lipinski definition) is 6. The molecule has 4 aromatic rings. The number of nitrogens with one attached hydrogen (secondary N) is 1. The highest BCUT2D eigenvalue weighted by molar-refractivity contribution is 6.31. The Morgan fingerprint density at radius 3 is 2.48 bits per heavy atom. The molecular formula is C21H16ClFN4O2. The van der Waals surface area contributed by atoms with Crippen molar-refractivity contribution in [2.75, 3.05) is 19.5 Å². The predicted octanol–water partition coefficient (Wildman–Crippen LogP) is 5.25. The summed E-state index contributed by atoms with van der Waals surface area (Å²) < 4.78 is 24.3. The lowest BCUT2D eigenvalue weighted by atomic mass is 10.1. The molecule has 4 rings (SSSR count). The Bertz CT molecular complexity index is 1190. The first-order valence-corrected chi connectivity index (χ1v) is 9.03. The Morgan fingerprint density at radius 1 is 1.00 bits per heavy atom. The van der Waals surface area contributed by atoms with Crippen LogP contribution in [0.15, 0.2) is 54.9 Å². The van der Waals surface area contributed by atoms with Gasteiger partial charge in [0.2, 0.25) is 0 Å². The van der Waals surface area contributed by atoms with Crippen LogP contribution in [0, 0.1) is 5.82 Å². The Kier molecular flexibility index (Phi) is 5.14. The quantitative estimate of drug-likeness (QED) is 0.485. The molecule has 0 atom stereocenters. The first-order chi connectivity index (χ1) is 14.1. The van der Waals surface area contributed by atoms with Crippen molar-refractivity contribution in [3.05, 3.63) is 65.7 Å². The van der Waals surface area contributed by atoms with Crippen molar-refractivity contribution in [2.45, 2.75) is 0 Å². The molecule has 0 fully saturated rings. The number of aromatic nitrogens is 3. The zero-order chi connectivity index (χ0) is 20.4. The summed E-state index contributed by atoms with van der Waals surface area (Å²) in [6, 6.07) is 11.6. The van der Waals surface area contributed by atoms with E-state index >= 15 is 0 Å². The maximum atomic E-state index is 13.5. The summed E-state index contributed by atoms with van der Waals surface area (Å²) in [5.74, 6) is 1.59. The first kappa shape index (κ1) is 18.9. The van der Waals surface area contributed by atoms with Crippen LogP contribution in [0.2, 0.25) is 5.02 Å². The third-order valence-electron chi connectivity index (χ3n) is 4.30. The number of ether oxygens (including phenoxy) is 2. The minimum Gasteiger partial charge on any atom is -0.493 e. The van der Waals surface area contributed by atoms with Gasteiger partial charge in [-0.2, -0.15) is 0 Å². The Morgan fingerprint density at radius 2 is 1.79 bits per heavy atom.